The zero-order valence-corrected chi connectivity index (χ0v) is 27.8. The normalized spacial score (nSPS) is 15.6. The summed E-state index contributed by atoms with van der Waals surface area (Å²) in [5.74, 6) is -0.162. The number of benzene rings is 4. The van der Waals surface area contributed by atoms with Gasteiger partial charge in [-0.1, -0.05) is 85.6 Å². The van der Waals surface area contributed by atoms with E-state index in [9.17, 15) is 22.7 Å². The van der Waals surface area contributed by atoms with E-state index in [1.807, 2.05) is 60.7 Å². The van der Waals surface area contributed by atoms with Gasteiger partial charge in [-0.2, -0.15) is 0 Å². The first kappa shape index (κ1) is 34.3. The summed E-state index contributed by atoms with van der Waals surface area (Å²) in [6.07, 6.45) is 3.65. The number of hydrogen-bond donors (Lipinski definition) is 3. The maximum atomic E-state index is 14.0. The van der Waals surface area contributed by atoms with Gasteiger partial charge in [0, 0.05) is 18.7 Å². The van der Waals surface area contributed by atoms with Crippen LogP contribution in [0.25, 0.3) is 0 Å². The number of aliphatic hydroxyl groups is 1. The van der Waals surface area contributed by atoms with Crippen LogP contribution >= 0.6 is 0 Å². The number of nitrogens with zero attached hydrogens (tertiary/aromatic N) is 1. The van der Waals surface area contributed by atoms with Gasteiger partial charge in [0.2, 0.25) is 10.0 Å². The van der Waals surface area contributed by atoms with Crippen molar-refractivity contribution in [3.05, 3.63) is 131 Å². The zero-order chi connectivity index (χ0) is 33.4. The molecule has 1 fully saturated rings. The number of carbonyl (C=O) groups is 1. The Morgan fingerprint density at radius 3 is 2.21 bits per heavy atom. The second kappa shape index (κ2) is 15.7. The monoisotopic (exact) mass is 657 g/mol. The molecule has 1 unspecified atom stereocenters. The van der Waals surface area contributed by atoms with Crippen LogP contribution in [0.3, 0.4) is 0 Å². The third kappa shape index (κ3) is 9.28. The molecule has 0 saturated heterocycles. The van der Waals surface area contributed by atoms with Crippen LogP contribution in [0, 0.1) is 0 Å². The predicted octanol–water partition coefficient (Wildman–Crippen LogP) is 6.96. The Morgan fingerprint density at radius 1 is 0.894 bits per heavy atom. The summed E-state index contributed by atoms with van der Waals surface area (Å²) < 4.78 is 41.4. The van der Waals surface area contributed by atoms with Crippen molar-refractivity contribution in [1.29, 1.82) is 0 Å². The van der Waals surface area contributed by atoms with Gasteiger partial charge >= 0.3 is 0 Å². The zero-order valence-electron chi connectivity index (χ0n) is 27.0. The van der Waals surface area contributed by atoms with Crippen LogP contribution < -0.4 is 14.9 Å². The van der Waals surface area contributed by atoms with Crippen LogP contribution in [0.4, 0.5) is 15.8 Å². The second-order valence-electron chi connectivity index (χ2n) is 12.5. The molecular formula is C38H44FN3O4S. The standard InChI is InChI=1S/C38H44FN3O4S/c1-27(39)31-17-11-14-29(20-31)25-40-26-37(43)36(21-28-12-5-3-6-13-28)41-38(44)33-22-32(30-15-9-10-16-30)23-35(24-33)42(47(2,45)46)34-18-7-4-8-19-34/h3-8,11-14,17-20,22-24,27,30,36-37,40,43H,9-10,15-16,21,25-26H2,1-2H3,(H,41,44)/t27?,36-,37+/m0/s1. The lowest BCUT2D eigenvalue weighted by molar-refractivity contribution is 0.0830. The van der Waals surface area contributed by atoms with Gasteiger partial charge in [-0.25, -0.2) is 17.1 Å². The number of sulfonamides is 1. The number of halogens is 1. The molecule has 0 spiro atoms. The minimum absolute atomic E-state index is 0.191. The highest BCUT2D eigenvalue weighted by Crippen LogP contribution is 2.38. The molecule has 1 saturated carbocycles. The third-order valence-corrected chi connectivity index (χ3v) is 9.84. The lowest BCUT2D eigenvalue weighted by Gasteiger charge is -2.27. The van der Waals surface area contributed by atoms with Crippen molar-refractivity contribution in [3.8, 4) is 0 Å². The van der Waals surface area contributed by atoms with Crippen molar-refractivity contribution in [3.63, 3.8) is 0 Å². The van der Waals surface area contributed by atoms with E-state index in [0.29, 0.717) is 35.5 Å². The first-order chi connectivity index (χ1) is 22.6. The molecule has 0 bridgehead atoms. The molecule has 7 nitrogen and oxygen atoms in total. The Hall–Kier alpha value is -4.05. The molecule has 4 aromatic carbocycles. The van der Waals surface area contributed by atoms with E-state index in [0.717, 1.165) is 48.6 Å². The molecular weight excluding hydrogens is 614 g/mol. The van der Waals surface area contributed by atoms with Crippen LogP contribution in [-0.2, 0) is 23.0 Å². The first-order valence-corrected chi connectivity index (χ1v) is 18.1. The molecule has 4 aromatic rings. The first-order valence-electron chi connectivity index (χ1n) is 16.3. The summed E-state index contributed by atoms with van der Waals surface area (Å²) in [7, 11) is -3.74. The summed E-state index contributed by atoms with van der Waals surface area (Å²) in [6, 6.07) is 30.5. The van der Waals surface area contributed by atoms with E-state index in [2.05, 4.69) is 10.6 Å². The lowest BCUT2D eigenvalue weighted by Crippen LogP contribution is -2.48. The van der Waals surface area contributed by atoms with Gasteiger partial charge in [0.25, 0.3) is 5.91 Å². The van der Waals surface area contributed by atoms with E-state index in [-0.39, 0.29) is 12.5 Å². The fraction of sp³-hybridized carbons (Fsp3) is 0.342. The third-order valence-electron chi connectivity index (χ3n) is 8.76. The number of para-hydroxylation sites is 1. The smallest absolute Gasteiger partial charge is 0.251 e. The van der Waals surface area contributed by atoms with Gasteiger partial charge < -0.3 is 15.7 Å². The molecule has 0 aromatic heterocycles. The Morgan fingerprint density at radius 2 is 1.55 bits per heavy atom. The maximum absolute atomic E-state index is 14.0. The number of rotatable bonds is 14. The quantitative estimate of drug-likeness (QED) is 0.136. The summed E-state index contributed by atoms with van der Waals surface area (Å²) in [4.78, 5) is 14.0. The van der Waals surface area contributed by atoms with E-state index >= 15 is 0 Å². The molecule has 1 amide bonds. The van der Waals surface area contributed by atoms with E-state index < -0.39 is 34.2 Å². The van der Waals surface area contributed by atoms with Crippen molar-refractivity contribution in [2.24, 2.45) is 0 Å². The highest BCUT2D eigenvalue weighted by atomic mass is 32.2. The Balaban J connectivity index is 1.41. The van der Waals surface area contributed by atoms with Crippen molar-refractivity contribution in [2.45, 2.75) is 69.8 Å². The second-order valence-corrected chi connectivity index (χ2v) is 14.3. The molecule has 0 radical (unpaired) electrons. The minimum Gasteiger partial charge on any atom is -0.390 e. The van der Waals surface area contributed by atoms with E-state index in [4.69, 9.17) is 0 Å². The Kier molecular flexibility index (Phi) is 11.4. The van der Waals surface area contributed by atoms with Gasteiger partial charge in [0.15, 0.2) is 0 Å². The molecule has 0 heterocycles. The highest BCUT2D eigenvalue weighted by Gasteiger charge is 2.27. The van der Waals surface area contributed by atoms with Gasteiger partial charge in [-0.05, 0) is 84.7 Å². The molecule has 248 valence electrons. The molecule has 1 aliphatic carbocycles. The van der Waals surface area contributed by atoms with Crippen molar-refractivity contribution < 1.29 is 22.7 Å². The average Bonchev–Trinajstić information content (AvgIpc) is 3.60. The Bertz CT molecular complexity index is 1730. The summed E-state index contributed by atoms with van der Waals surface area (Å²) in [6.45, 7) is 2.12. The SMILES string of the molecule is CC(F)c1cccc(CNC[C@@H](O)[C@H](Cc2ccccc2)NC(=O)c2cc(C3CCCC3)cc(N(c3ccccc3)S(C)(=O)=O)c2)c1. The van der Waals surface area contributed by atoms with E-state index in [1.54, 1.807) is 42.5 Å². The number of alkyl halides is 1. The fourth-order valence-electron chi connectivity index (χ4n) is 6.33. The molecule has 9 heteroatoms. The lowest BCUT2D eigenvalue weighted by atomic mass is 9.94. The number of anilines is 2. The molecule has 5 rings (SSSR count). The predicted molar refractivity (Wildman–Crippen MR) is 186 cm³/mol. The van der Waals surface area contributed by atoms with Crippen LogP contribution in [0.1, 0.15) is 77.3 Å². The van der Waals surface area contributed by atoms with Crippen LogP contribution in [-0.4, -0.2) is 44.4 Å². The average molecular weight is 658 g/mol. The van der Waals surface area contributed by atoms with Crippen LogP contribution in [0.2, 0.25) is 0 Å². The van der Waals surface area contributed by atoms with Crippen molar-refractivity contribution in [2.75, 3.05) is 17.1 Å². The minimum atomic E-state index is -3.74. The number of amides is 1. The van der Waals surface area contributed by atoms with Crippen LogP contribution in [0.5, 0.6) is 0 Å². The van der Waals surface area contributed by atoms with Gasteiger partial charge in [-0.15, -0.1) is 0 Å². The molecule has 3 N–H and O–H groups in total. The van der Waals surface area contributed by atoms with Gasteiger partial charge in [0.05, 0.1) is 29.8 Å². The number of carbonyl (C=O) groups excluding carboxylic acids is 1. The largest absolute Gasteiger partial charge is 0.390 e. The van der Waals surface area contributed by atoms with Crippen LogP contribution in [0.15, 0.2) is 103 Å². The van der Waals surface area contributed by atoms with Crippen molar-refractivity contribution >= 4 is 27.3 Å². The number of aliphatic hydroxyl groups excluding tert-OH is 1. The summed E-state index contributed by atoms with van der Waals surface area (Å²) in [5, 5.41) is 17.7. The highest BCUT2D eigenvalue weighted by molar-refractivity contribution is 7.92. The molecule has 1 aliphatic rings. The molecule has 47 heavy (non-hydrogen) atoms. The Labute approximate surface area is 277 Å². The van der Waals surface area contributed by atoms with Crippen molar-refractivity contribution in [1.82, 2.24) is 10.6 Å². The fourth-order valence-corrected chi connectivity index (χ4v) is 7.33. The summed E-state index contributed by atoms with van der Waals surface area (Å²) >= 11 is 0. The van der Waals surface area contributed by atoms with Gasteiger partial charge in [0.1, 0.15) is 6.17 Å². The maximum Gasteiger partial charge on any atom is 0.251 e. The number of hydrogen-bond acceptors (Lipinski definition) is 5. The topological polar surface area (TPSA) is 98.7 Å². The summed E-state index contributed by atoms with van der Waals surface area (Å²) in [5.41, 5.74) is 4.60. The van der Waals surface area contributed by atoms with E-state index in [1.165, 1.54) is 11.2 Å². The number of nitrogens with one attached hydrogen (secondary N) is 2. The molecule has 3 atom stereocenters. The molecule has 0 aliphatic heterocycles. The van der Waals surface area contributed by atoms with Gasteiger partial charge in [-0.3, -0.25) is 4.79 Å².